The number of carbonyl (C=O) groups is 1. The lowest BCUT2D eigenvalue weighted by molar-refractivity contribution is -0.0357. The molecule has 6 nitrogen and oxygen atoms in total. The van der Waals surface area contributed by atoms with E-state index in [0.29, 0.717) is 26.3 Å². The van der Waals surface area contributed by atoms with Gasteiger partial charge in [0.25, 0.3) is 0 Å². The molecule has 0 aliphatic carbocycles. The third-order valence-electron chi connectivity index (χ3n) is 3.65. The molecule has 3 atom stereocenters. The van der Waals surface area contributed by atoms with Gasteiger partial charge in [0.05, 0.1) is 25.4 Å². The van der Waals surface area contributed by atoms with Crippen molar-refractivity contribution in [1.82, 2.24) is 10.2 Å². The van der Waals surface area contributed by atoms with E-state index in [-0.39, 0.29) is 24.3 Å². The average Bonchev–Trinajstić information content (AvgIpc) is 2.43. The van der Waals surface area contributed by atoms with Crippen LogP contribution >= 0.6 is 0 Å². The van der Waals surface area contributed by atoms with Gasteiger partial charge in [-0.2, -0.15) is 0 Å². The van der Waals surface area contributed by atoms with Gasteiger partial charge < -0.3 is 24.8 Å². The van der Waals surface area contributed by atoms with Crippen molar-refractivity contribution in [3.8, 4) is 0 Å². The Morgan fingerprint density at radius 1 is 1.50 bits per heavy atom. The zero-order valence-electron chi connectivity index (χ0n) is 14.6. The van der Waals surface area contributed by atoms with Crippen LogP contribution in [0, 0.1) is 0 Å². The fraction of sp³-hybridized carbons (Fsp3) is 0.938. The topological polar surface area (TPSA) is 71.0 Å². The molecule has 0 radical (unpaired) electrons. The maximum absolute atomic E-state index is 12.3. The molecular formula is C16H32N2O4. The van der Waals surface area contributed by atoms with E-state index in [9.17, 15) is 9.90 Å². The van der Waals surface area contributed by atoms with Gasteiger partial charge in [0, 0.05) is 19.1 Å². The number of aliphatic hydroxyl groups excluding tert-OH is 1. The number of amides is 1. The van der Waals surface area contributed by atoms with E-state index in [1.165, 1.54) is 0 Å². The molecule has 0 aromatic rings. The first-order valence-electron chi connectivity index (χ1n) is 8.21. The Morgan fingerprint density at radius 3 is 2.77 bits per heavy atom. The fourth-order valence-corrected chi connectivity index (χ4v) is 2.38. The van der Waals surface area contributed by atoms with Crippen LogP contribution in [0.2, 0.25) is 0 Å². The lowest BCUT2D eigenvalue weighted by Crippen LogP contribution is -2.52. The van der Waals surface area contributed by atoms with E-state index in [4.69, 9.17) is 9.47 Å². The van der Waals surface area contributed by atoms with Crippen LogP contribution in [0.5, 0.6) is 0 Å². The molecule has 0 saturated carbocycles. The summed E-state index contributed by atoms with van der Waals surface area (Å²) in [6, 6.07) is 0.197. The van der Waals surface area contributed by atoms with Crippen LogP contribution in [0.25, 0.3) is 0 Å². The van der Waals surface area contributed by atoms with Gasteiger partial charge in [-0.1, -0.05) is 6.92 Å². The molecule has 22 heavy (non-hydrogen) atoms. The van der Waals surface area contributed by atoms with Crippen LogP contribution in [0.15, 0.2) is 0 Å². The smallest absolute Gasteiger partial charge is 0.410 e. The van der Waals surface area contributed by atoms with Crippen LogP contribution in [0.1, 0.15) is 47.5 Å². The summed E-state index contributed by atoms with van der Waals surface area (Å²) >= 11 is 0. The summed E-state index contributed by atoms with van der Waals surface area (Å²) in [5.41, 5.74) is -0.491. The lowest BCUT2D eigenvalue weighted by atomic mass is 10.1. The van der Waals surface area contributed by atoms with Crippen LogP contribution < -0.4 is 5.32 Å². The van der Waals surface area contributed by atoms with Crippen LogP contribution in [0.3, 0.4) is 0 Å². The minimum atomic E-state index is -0.491. The molecule has 1 aliphatic rings. The van der Waals surface area contributed by atoms with Crippen molar-refractivity contribution < 1.29 is 19.4 Å². The molecule has 1 saturated heterocycles. The van der Waals surface area contributed by atoms with Crippen molar-refractivity contribution in [3.63, 3.8) is 0 Å². The van der Waals surface area contributed by atoms with Crippen molar-refractivity contribution in [2.45, 2.75) is 71.2 Å². The number of ether oxygens (including phenoxy) is 2. The minimum Gasteiger partial charge on any atom is -0.444 e. The predicted octanol–water partition coefficient (Wildman–Crippen LogP) is 1.76. The molecule has 0 bridgehead atoms. The molecule has 2 N–H and O–H groups in total. The van der Waals surface area contributed by atoms with E-state index in [0.717, 1.165) is 12.8 Å². The molecule has 6 heteroatoms. The summed E-state index contributed by atoms with van der Waals surface area (Å²) < 4.78 is 11.0. The molecule has 1 aliphatic heterocycles. The molecule has 1 amide bonds. The monoisotopic (exact) mass is 316 g/mol. The van der Waals surface area contributed by atoms with Crippen molar-refractivity contribution in [1.29, 1.82) is 0 Å². The molecule has 130 valence electrons. The van der Waals surface area contributed by atoms with Gasteiger partial charge >= 0.3 is 6.09 Å². The number of hydrogen-bond acceptors (Lipinski definition) is 5. The van der Waals surface area contributed by atoms with Crippen molar-refractivity contribution in [2.75, 3.05) is 26.3 Å². The quantitative estimate of drug-likeness (QED) is 0.781. The summed E-state index contributed by atoms with van der Waals surface area (Å²) in [5, 5.41) is 12.9. The Balaban J connectivity index is 2.52. The first-order valence-corrected chi connectivity index (χ1v) is 8.21. The molecular weight excluding hydrogens is 284 g/mol. The van der Waals surface area contributed by atoms with Gasteiger partial charge in [-0.05, 0) is 40.5 Å². The first kappa shape index (κ1) is 19.2. The Labute approximate surface area is 134 Å². The second-order valence-electron chi connectivity index (χ2n) is 7.01. The van der Waals surface area contributed by atoms with E-state index in [2.05, 4.69) is 12.2 Å². The minimum absolute atomic E-state index is 0.00451. The number of hydrogen-bond donors (Lipinski definition) is 2. The number of nitrogens with one attached hydrogen (secondary N) is 1. The normalized spacial score (nSPS) is 22.3. The molecule has 1 rings (SSSR count). The summed E-state index contributed by atoms with van der Waals surface area (Å²) in [5.74, 6) is 0. The zero-order valence-corrected chi connectivity index (χ0v) is 14.6. The molecule has 1 heterocycles. The highest BCUT2D eigenvalue weighted by atomic mass is 16.6. The van der Waals surface area contributed by atoms with Gasteiger partial charge in [-0.25, -0.2) is 4.79 Å². The molecule has 0 aromatic carbocycles. The number of carbonyl (C=O) groups excluding carboxylic acids is 1. The maximum atomic E-state index is 12.3. The number of morpholine rings is 1. The average molecular weight is 316 g/mol. The highest BCUT2D eigenvalue weighted by Crippen LogP contribution is 2.17. The van der Waals surface area contributed by atoms with Crippen LogP contribution in [-0.4, -0.2) is 66.2 Å². The van der Waals surface area contributed by atoms with Gasteiger partial charge in [-0.3, -0.25) is 0 Å². The Morgan fingerprint density at radius 2 is 2.18 bits per heavy atom. The second-order valence-corrected chi connectivity index (χ2v) is 7.01. The third-order valence-corrected chi connectivity index (χ3v) is 3.65. The summed E-state index contributed by atoms with van der Waals surface area (Å²) in [7, 11) is 0. The molecule has 1 fully saturated rings. The molecule has 0 aromatic heterocycles. The highest BCUT2D eigenvalue weighted by Gasteiger charge is 2.31. The number of nitrogens with zero attached hydrogens (tertiary/aromatic N) is 1. The van der Waals surface area contributed by atoms with Gasteiger partial charge in [0.15, 0.2) is 0 Å². The van der Waals surface area contributed by atoms with E-state index >= 15 is 0 Å². The number of aliphatic hydroxyl groups is 1. The predicted molar refractivity (Wildman–Crippen MR) is 85.9 cm³/mol. The van der Waals surface area contributed by atoms with Crippen LogP contribution in [-0.2, 0) is 9.47 Å². The summed E-state index contributed by atoms with van der Waals surface area (Å²) in [4.78, 5) is 14.1. The summed E-state index contributed by atoms with van der Waals surface area (Å²) in [6.45, 7) is 11.8. The zero-order chi connectivity index (χ0) is 16.8. The first-order chi connectivity index (χ1) is 10.2. The molecule has 3 unspecified atom stereocenters. The van der Waals surface area contributed by atoms with Crippen molar-refractivity contribution in [3.05, 3.63) is 0 Å². The SMILES string of the molecule is CCC(O)CNC(C)CC1COCCN1C(=O)OC(C)(C)C. The largest absolute Gasteiger partial charge is 0.444 e. The third kappa shape index (κ3) is 6.94. The number of rotatable bonds is 6. The van der Waals surface area contributed by atoms with E-state index in [1.54, 1.807) is 4.90 Å². The fourth-order valence-electron chi connectivity index (χ4n) is 2.38. The second kappa shape index (κ2) is 8.70. The Kier molecular flexibility index (Phi) is 7.59. The van der Waals surface area contributed by atoms with Gasteiger partial charge in [0.1, 0.15) is 5.60 Å². The van der Waals surface area contributed by atoms with E-state index in [1.807, 2.05) is 27.7 Å². The van der Waals surface area contributed by atoms with Gasteiger partial charge in [-0.15, -0.1) is 0 Å². The molecule has 0 spiro atoms. The Hall–Kier alpha value is -0.850. The standard InChI is InChI=1S/C16H32N2O4/c1-6-14(19)10-17-12(2)9-13-11-21-8-7-18(13)15(20)22-16(3,4)5/h12-14,17,19H,6-11H2,1-5H3. The van der Waals surface area contributed by atoms with Crippen molar-refractivity contribution in [2.24, 2.45) is 0 Å². The van der Waals surface area contributed by atoms with E-state index < -0.39 is 5.60 Å². The Bertz CT molecular complexity index is 344. The maximum Gasteiger partial charge on any atom is 0.410 e. The van der Waals surface area contributed by atoms with Crippen LogP contribution in [0.4, 0.5) is 4.79 Å². The van der Waals surface area contributed by atoms with Gasteiger partial charge in [0.2, 0.25) is 0 Å². The lowest BCUT2D eigenvalue weighted by Gasteiger charge is -2.37. The highest BCUT2D eigenvalue weighted by molar-refractivity contribution is 5.68. The van der Waals surface area contributed by atoms with Crippen molar-refractivity contribution >= 4 is 6.09 Å². The summed E-state index contributed by atoms with van der Waals surface area (Å²) in [6.07, 6.45) is 0.903.